The molecule has 5 nitrogen and oxygen atoms in total. The van der Waals surface area contributed by atoms with Crippen LogP contribution >= 0.6 is 11.8 Å². The van der Waals surface area contributed by atoms with E-state index in [0.29, 0.717) is 18.7 Å². The summed E-state index contributed by atoms with van der Waals surface area (Å²) in [5.74, 6) is 0.735. The molecule has 138 valence electrons. The number of nitrogens with one attached hydrogen (secondary N) is 2. The van der Waals surface area contributed by atoms with Gasteiger partial charge in [-0.2, -0.15) is 0 Å². The zero-order valence-electron chi connectivity index (χ0n) is 14.7. The zero-order chi connectivity index (χ0) is 18.9. The summed E-state index contributed by atoms with van der Waals surface area (Å²) in [6, 6.07) is 20.6. The molecule has 2 N–H and O–H groups in total. The Balaban J connectivity index is 1.39. The first kappa shape index (κ1) is 18.8. The van der Waals surface area contributed by atoms with Gasteiger partial charge in [0.25, 0.3) is 5.91 Å². The second kappa shape index (κ2) is 9.64. The number of hydrogen-bond acceptors (Lipinski definition) is 4. The molecule has 0 saturated carbocycles. The number of hydrogen-bond donors (Lipinski definition) is 2. The van der Waals surface area contributed by atoms with E-state index in [0.717, 1.165) is 16.2 Å². The van der Waals surface area contributed by atoms with Gasteiger partial charge in [-0.05, 0) is 42.0 Å². The van der Waals surface area contributed by atoms with Gasteiger partial charge in [-0.1, -0.05) is 30.3 Å². The lowest BCUT2D eigenvalue weighted by Crippen LogP contribution is -2.23. The van der Waals surface area contributed by atoms with Crippen molar-refractivity contribution in [1.29, 1.82) is 0 Å². The highest BCUT2D eigenvalue weighted by Gasteiger charge is 2.08. The molecule has 0 bridgehead atoms. The van der Waals surface area contributed by atoms with Crippen molar-refractivity contribution in [2.24, 2.45) is 0 Å². The monoisotopic (exact) mass is 380 g/mol. The van der Waals surface area contributed by atoms with E-state index >= 15 is 0 Å². The molecule has 1 aromatic heterocycles. The van der Waals surface area contributed by atoms with Crippen molar-refractivity contribution < 1.29 is 14.0 Å². The van der Waals surface area contributed by atoms with E-state index in [1.54, 1.807) is 36.0 Å². The van der Waals surface area contributed by atoms with Crippen LogP contribution in [0.15, 0.2) is 82.3 Å². The third-order valence-corrected chi connectivity index (χ3v) is 4.80. The fourth-order valence-electron chi connectivity index (χ4n) is 2.37. The Bertz CT molecular complexity index is 862. The van der Waals surface area contributed by atoms with Crippen LogP contribution in [0.1, 0.15) is 22.5 Å². The van der Waals surface area contributed by atoms with Gasteiger partial charge >= 0.3 is 0 Å². The number of furan rings is 1. The quantitative estimate of drug-likeness (QED) is 0.571. The molecular weight excluding hydrogens is 360 g/mol. The molecule has 0 atom stereocenters. The lowest BCUT2D eigenvalue weighted by atomic mass is 10.2. The molecule has 0 spiro atoms. The molecule has 0 unspecified atom stereocenters. The summed E-state index contributed by atoms with van der Waals surface area (Å²) in [7, 11) is 0. The van der Waals surface area contributed by atoms with Gasteiger partial charge in [-0.15, -0.1) is 11.8 Å². The molecular formula is C21H20N2O3S. The van der Waals surface area contributed by atoms with E-state index in [2.05, 4.69) is 10.6 Å². The van der Waals surface area contributed by atoms with Crippen LogP contribution in [0.2, 0.25) is 0 Å². The van der Waals surface area contributed by atoms with Gasteiger partial charge in [0.15, 0.2) is 5.76 Å². The first-order chi connectivity index (χ1) is 13.2. The van der Waals surface area contributed by atoms with Crippen LogP contribution in [-0.2, 0) is 11.3 Å². The maximum Gasteiger partial charge on any atom is 0.291 e. The van der Waals surface area contributed by atoms with E-state index < -0.39 is 0 Å². The molecule has 3 aromatic rings. The Morgan fingerprint density at radius 2 is 1.70 bits per heavy atom. The van der Waals surface area contributed by atoms with Gasteiger partial charge in [0.05, 0.1) is 6.26 Å². The fraction of sp³-hybridized carbons (Fsp3) is 0.143. The minimum Gasteiger partial charge on any atom is -0.459 e. The van der Waals surface area contributed by atoms with Crippen molar-refractivity contribution in [3.8, 4) is 0 Å². The van der Waals surface area contributed by atoms with Crippen molar-refractivity contribution in [3.05, 3.63) is 84.3 Å². The number of carbonyl (C=O) groups is 2. The van der Waals surface area contributed by atoms with Crippen molar-refractivity contribution in [2.45, 2.75) is 17.9 Å². The summed E-state index contributed by atoms with van der Waals surface area (Å²) in [5, 5.41) is 5.67. The standard InChI is InChI=1S/C21H20N2O3S/c24-20(12-14-27-18-5-2-1-3-6-18)22-15-16-8-10-17(11-9-16)23-21(25)19-7-4-13-26-19/h1-11,13H,12,14-15H2,(H,22,24)(H,23,25). The van der Waals surface area contributed by atoms with Crippen LogP contribution in [0.4, 0.5) is 5.69 Å². The smallest absolute Gasteiger partial charge is 0.291 e. The highest BCUT2D eigenvalue weighted by atomic mass is 32.2. The van der Waals surface area contributed by atoms with Gasteiger partial charge in [-0.25, -0.2) is 0 Å². The second-order valence-corrected chi connectivity index (χ2v) is 6.98. The number of amides is 2. The topological polar surface area (TPSA) is 71.3 Å². The molecule has 0 fully saturated rings. The van der Waals surface area contributed by atoms with Crippen LogP contribution in [0, 0.1) is 0 Å². The van der Waals surface area contributed by atoms with Crippen LogP contribution in [0.25, 0.3) is 0 Å². The van der Waals surface area contributed by atoms with Gasteiger partial charge in [0.2, 0.25) is 5.91 Å². The summed E-state index contributed by atoms with van der Waals surface area (Å²) in [5.41, 5.74) is 1.64. The van der Waals surface area contributed by atoms with E-state index in [1.165, 1.54) is 6.26 Å². The molecule has 0 aliphatic carbocycles. The summed E-state index contributed by atoms with van der Waals surface area (Å²) >= 11 is 1.67. The Hall–Kier alpha value is -2.99. The molecule has 27 heavy (non-hydrogen) atoms. The highest BCUT2D eigenvalue weighted by molar-refractivity contribution is 7.99. The van der Waals surface area contributed by atoms with E-state index in [4.69, 9.17) is 4.42 Å². The molecule has 3 rings (SSSR count). The van der Waals surface area contributed by atoms with E-state index in [-0.39, 0.29) is 17.6 Å². The van der Waals surface area contributed by atoms with Crippen LogP contribution in [-0.4, -0.2) is 17.6 Å². The van der Waals surface area contributed by atoms with Gasteiger partial charge in [0.1, 0.15) is 0 Å². The van der Waals surface area contributed by atoms with Gasteiger partial charge < -0.3 is 15.1 Å². The average Bonchev–Trinajstić information content (AvgIpc) is 3.23. The van der Waals surface area contributed by atoms with Crippen molar-refractivity contribution in [3.63, 3.8) is 0 Å². The Labute approximate surface area is 162 Å². The molecule has 0 aliphatic rings. The third-order valence-electron chi connectivity index (χ3n) is 3.79. The Morgan fingerprint density at radius 1 is 0.926 bits per heavy atom. The Morgan fingerprint density at radius 3 is 2.41 bits per heavy atom. The second-order valence-electron chi connectivity index (χ2n) is 5.82. The minimum atomic E-state index is -0.294. The SMILES string of the molecule is O=C(CCSc1ccccc1)NCc1ccc(NC(=O)c2ccco2)cc1. The normalized spacial score (nSPS) is 10.4. The predicted molar refractivity (Wildman–Crippen MR) is 107 cm³/mol. The first-order valence-corrected chi connectivity index (χ1v) is 9.57. The largest absolute Gasteiger partial charge is 0.459 e. The molecule has 2 aromatic carbocycles. The van der Waals surface area contributed by atoms with Crippen LogP contribution < -0.4 is 10.6 Å². The minimum absolute atomic E-state index is 0.0219. The molecule has 2 amide bonds. The predicted octanol–water partition coefficient (Wildman–Crippen LogP) is 4.33. The molecule has 1 heterocycles. The van der Waals surface area contributed by atoms with Crippen LogP contribution in [0.5, 0.6) is 0 Å². The summed E-state index contributed by atoms with van der Waals surface area (Å²) in [6.45, 7) is 0.460. The lowest BCUT2D eigenvalue weighted by Gasteiger charge is -2.07. The van der Waals surface area contributed by atoms with Gasteiger partial charge in [-0.3, -0.25) is 9.59 Å². The van der Waals surface area contributed by atoms with Crippen molar-refractivity contribution in [1.82, 2.24) is 5.32 Å². The third kappa shape index (κ3) is 6.04. The summed E-state index contributed by atoms with van der Waals surface area (Å²) in [4.78, 5) is 25.0. The number of anilines is 1. The summed E-state index contributed by atoms with van der Waals surface area (Å²) in [6.07, 6.45) is 1.93. The molecule has 0 aliphatic heterocycles. The molecule has 0 saturated heterocycles. The molecule has 0 radical (unpaired) electrons. The number of carbonyl (C=O) groups excluding carboxylic acids is 2. The Kier molecular flexibility index (Phi) is 6.71. The number of thioether (sulfide) groups is 1. The summed E-state index contributed by atoms with van der Waals surface area (Å²) < 4.78 is 5.06. The van der Waals surface area contributed by atoms with E-state index in [1.807, 2.05) is 42.5 Å². The maximum absolute atomic E-state index is 12.0. The van der Waals surface area contributed by atoms with Crippen molar-refractivity contribution in [2.75, 3.05) is 11.1 Å². The zero-order valence-corrected chi connectivity index (χ0v) is 15.5. The fourth-order valence-corrected chi connectivity index (χ4v) is 3.25. The van der Waals surface area contributed by atoms with E-state index in [9.17, 15) is 9.59 Å². The molecule has 6 heteroatoms. The average molecular weight is 380 g/mol. The number of rotatable bonds is 8. The first-order valence-electron chi connectivity index (χ1n) is 8.59. The lowest BCUT2D eigenvalue weighted by molar-refractivity contribution is -0.120. The maximum atomic E-state index is 12.0. The highest BCUT2D eigenvalue weighted by Crippen LogP contribution is 2.17. The van der Waals surface area contributed by atoms with Crippen molar-refractivity contribution >= 4 is 29.3 Å². The number of benzene rings is 2. The van der Waals surface area contributed by atoms with Crippen LogP contribution in [0.3, 0.4) is 0 Å². The van der Waals surface area contributed by atoms with Gasteiger partial charge in [0, 0.05) is 29.3 Å².